The molecule has 1 aromatic heterocycles. The van der Waals surface area contributed by atoms with Gasteiger partial charge in [-0.3, -0.25) is 9.59 Å². The van der Waals surface area contributed by atoms with Crippen LogP contribution in [0.2, 0.25) is 0 Å². The number of aryl methyl sites for hydroxylation is 2. The molecule has 4 nitrogen and oxygen atoms in total. The highest BCUT2D eigenvalue weighted by molar-refractivity contribution is 5.67. The molecule has 0 unspecified atom stereocenters. The number of benzene rings is 1. The van der Waals surface area contributed by atoms with Crippen LogP contribution in [0.25, 0.3) is 5.69 Å². The summed E-state index contributed by atoms with van der Waals surface area (Å²) in [7, 11) is 0. The van der Waals surface area contributed by atoms with Crippen molar-refractivity contribution in [3.8, 4) is 5.69 Å². The highest BCUT2D eigenvalue weighted by Gasteiger charge is 2.07. The largest absolute Gasteiger partial charge is 0.481 e. The van der Waals surface area contributed by atoms with Crippen LogP contribution >= 0.6 is 0 Å². The summed E-state index contributed by atoms with van der Waals surface area (Å²) >= 11 is 0. The van der Waals surface area contributed by atoms with Crippen LogP contribution in [0.1, 0.15) is 17.7 Å². The van der Waals surface area contributed by atoms with E-state index in [0.29, 0.717) is 11.3 Å². The number of hydrogen-bond acceptors (Lipinski definition) is 2. The normalized spacial score (nSPS) is 10.5. The van der Waals surface area contributed by atoms with Crippen molar-refractivity contribution in [2.24, 2.45) is 0 Å². The van der Waals surface area contributed by atoms with E-state index in [-0.39, 0.29) is 24.1 Å². The van der Waals surface area contributed by atoms with Crippen LogP contribution in [0, 0.1) is 12.7 Å². The van der Waals surface area contributed by atoms with Gasteiger partial charge in [0, 0.05) is 35.6 Å². The van der Waals surface area contributed by atoms with Crippen molar-refractivity contribution in [1.82, 2.24) is 4.57 Å². The second kappa shape index (κ2) is 5.69. The summed E-state index contributed by atoms with van der Waals surface area (Å²) in [6.07, 6.45) is 1.70. The molecule has 0 bridgehead atoms. The molecule has 0 aliphatic rings. The van der Waals surface area contributed by atoms with Crippen LogP contribution in [-0.2, 0) is 11.2 Å². The molecule has 20 heavy (non-hydrogen) atoms. The molecule has 0 aliphatic heterocycles. The van der Waals surface area contributed by atoms with Gasteiger partial charge < -0.3 is 9.67 Å². The zero-order chi connectivity index (χ0) is 14.7. The van der Waals surface area contributed by atoms with E-state index in [9.17, 15) is 14.0 Å². The van der Waals surface area contributed by atoms with Crippen LogP contribution in [0.3, 0.4) is 0 Å². The summed E-state index contributed by atoms with van der Waals surface area (Å²) < 4.78 is 14.7. The summed E-state index contributed by atoms with van der Waals surface area (Å²) in [6.45, 7) is 1.77. The summed E-state index contributed by atoms with van der Waals surface area (Å²) in [5.41, 5.74) is 1.69. The highest BCUT2D eigenvalue weighted by atomic mass is 19.1. The highest BCUT2D eigenvalue weighted by Crippen LogP contribution is 2.12. The molecule has 0 spiro atoms. The lowest BCUT2D eigenvalue weighted by Crippen LogP contribution is -2.15. The van der Waals surface area contributed by atoms with E-state index in [4.69, 9.17) is 5.11 Å². The van der Waals surface area contributed by atoms with Gasteiger partial charge in [-0.25, -0.2) is 4.39 Å². The molecule has 2 rings (SSSR count). The molecule has 0 saturated heterocycles. The molecule has 2 aromatic rings. The Bertz CT molecular complexity index is 689. The Hall–Kier alpha value is -2.43. The third kappa shape index (κ3) is 3.12. The molecule has 1 aromatic carbocycles. The van der Waals surface area contributed by atoms with Crippen molar-refractivity contribution in [2.45, 2.75) is 19.8 Å². The van der Waals surface area contributed by atoms with Crippen LogP contribution < -0.4 is 5.43 Å². The third-order valence-electron chi connectivity index (χ3n) is 3.03. The number of halogens is 1. The average molecular weight is 275 g/mol. The monoisotopic (exact) mass is 275 g/mol. The van der Waals surface area contributed by atoms with Crippen LogP contribution in [0.5, 0.6) is 0 Å². The zero-order valence-corrected chi connectivity index (χ0v) is 11.0. The Kier molecular flexibility index (Phi) is 3.98. The first-order valence-corrected chi connectivity index (χ1v) is 6.17. The fourth-order valence-electron chi connectivity index (χ4n) is 1.98. The van der Waals surface area contributed by atoms with Gasteiger partial charge in [-0.15, -0.1) is 0 Å². The summed E-state index contributed by atoms with van der Waals surface area (Å²) in [5.74, 6) is -1.28. The van der Waals surface area contributed by atoms with E-state index >= 15 is 0 Å². The minimum atomic E-state index is -0.946. The molecule has 0 amide bonds. The van der Waals surface area contributed by atoms with E-state index in [1.54, 1.807) is 29.8 Å². The minimum absolute atomic E-state index is 0.0955. The van der Waals surface area contributed by atoms with Gasteiger partial charge in [0.15, 0.2) is 5.43 Å². The number of aromatic nitrogens is 1. The molecular weight excluding hydrogens is 261 g/mol. The average Bonchev–Trinajstić information content (AvgIpc) is 2.39. The van der Waals surface area contributed by atoms with Crippen LogP contribution in [0.4, 0.5) is 4.39 Å². The number of carbonyl (C=O) groups is 1. The molecule has 0 aliphatic carbocycles. The van der Waals surface area contributed by atoms with Gasteiger partial charge in [0.25, 0.3) is 0 Å². The van der Waals surface area contributed by atoms with Crippen LogP contribution in [0.15, 0.2) is 41.3 Å². The second-order valence-electron chi connectivity index (χ2n) is 4.54. The van der Waals surface area contributed by atoms with Crippen molar-refractivity contribution in [3.05, 3.63) is 63.8 Å². The second-order valence-corrected chi connectivity index (χ2v) is 4.54. The van der Waals surface area contributed by atoms with E-state index in [1.807, 2.05) is 0 Å². The SMILES string of the molecule is Cc1cc(=O)c(CCC(=O)O)cn1-c1ccc(F)cc1. The van der Waals surface area contributed by atoms with Gasteiger partial charge in [-0.05, 0) is 37.6 Å². The molecular formula is C15H14FNO3. The lowest BCUT2D eigenvalue weighted by atomic mass is 10.1. The van der Waals surface area contributed by atoms with E-state index in [1.165, 1.54) is 18.2 Å². The maximum Gasteiger partial charge on any atom is 0.303 e. The maximum absolute atomic E-state index is 12.9. The standard InChI is InChI=1S/C15H14FNO3/c1-10-8-14(18)11(2-7-15(19)20)9-17(10)13-5-3-12(16)4-6-13/h3-6,8-9H,2,7H2,1H3,(H,19,20). The van der Waals surface area contributed by atoms with Crippen molar-refractivity contribution >= 4 is 5.97 Å². The van der Waals surface area contributed by atoms with Crippen molar-refractivity contribution in [2.75, 3.05) is 0 Å². The minimum Gasteiger partial charge on any atom is -0.481 e. The van der Waals surface area contributed by atoms with E-state index in [2.05, 4.69) is 0 Å². The summed E-state index contributed by atoms with van der Waals surface area (Å²) in [6, 6.07) is 7.34. The first-order chi connectivity index (χ1) is 9.47. The number of nitrogens with zero attached hydrogens (tertiary/aromatic N) is 1. The predicted octanol–water partition coefficient (Wildman–Crippen LogP) is 2.30. The molecule has 0 radical (unpaired) electrons. The number of rotatable bonds is 4. The molecule has 0 atom stereocenters. The van der Waals surface area contributed by atoms with Crippen LogP contribution in [-0.4, -0.2) is 15.6 Å². The Labute approximate surface area is 115 Å². The van der Waals surface area contributed by atoms with Gasteiger partial charge >= 0.3 is 5.97 Å². The van der Waals surface area contributed by atoms with Gasteiger partial charge in [0.05, 0.1) is 0 Å². The number of hydrogen-bond donors (Lipinski definition) is 1. The first-order valence-electron chi connectivity index (χ1n) is 6.17. The number of carboxylic acid groups (broad SMARTS) is 1. The van der Waals surface area contributed by atoms with Crippen molar-refractivity contribution in [3.63, 3.8) is 0 Å². The van der Waals surface area contributed by atoms with E-state index in [0.717, 1.165) is 5.69 Å². The van der Waals surface area contributed by atoms with Crippen molar-refractivity contribution in [1.29, 1.82) is 0 Å². The first kappa shape index (κ1) is 14.0. The molecule has 1 N–H and O–H groups in total. The number of carboxylic acids is 1. The van der Waals surface area contributed by atoms with Gasteiger partial charge in [0.2, 0.25) is 0 Å². The van der Waals surface area contributed by atoms with Gasteiger partial charge in [-0.1, -0.05) is 0 Å². The lowest BCUT2D eigenvalue weighted by molar-refractivity contribution is -0.136. The Balaban J connectivity index is 2.42. The van der Waals surface area contributed by atoms with E-state index < -0.39 is 5.97 Å². The van der Waals surface area contributed by atoms with Crippen molar-refractivity contribution < 1.29 is 14.3 Å². The third-order valence-corrected chi connectivity index (χ3v) is 3.03. The Morgan fingerprint density at radius 2 is 1.95 bits per heavy atom. The van der Waals surface area contributed by atoms with Gasteiger partial charge in [-0.2, -0.15) is 0 Å². The smallest absolute Gasteiger partial charge is 0.303 e. The fourth-order valence-corrected chi connectivity index (χ4v) is 1.98. The molecule has 0 saturated carbocycles. The maximum atomic E-state index is 12.9. The quantitative estimate of drug-likeness (QED) is 0.931. The summed E-state index contributed by atoms with van der Waals surface area (Å²) in [4.78, 5) is 22.4. The Morgan fingerprint density at radius 3 is 2.55 bits per heavy atom. The molecule has 1 heterocycles. The fraction of sp³-hybridized carbons (Fsp3) is 0.200. The molecule has 5 heteroatoms. The number of pyridine rings is 1. The Morgan fingerprint density at radius 1 is 1.30 bits per heavy atom. The number of aliphatic carboxylic acids is 1. The topological polar surface area (TPSA) is 59.3 Å². The lowest BCUT2D eigenvalue weighted by Gasteiger charge is -2.12. The predicted molar refractivity (Wildman–Crippen MR) is 72.7 cm³/mol. The molecule has 0 fully saturated rings. The molecule has 104 valence electrons. The summed E-state index contributed by atoms with van der Waals surface area (Å²) in [5, 5.41) is 8.69. The zero-order valence-electron chi connectivity index (χ0n) is 11.0. The van der Waals surface area contributed by atoms with Gasteiger partial charge in [0.1, 0.15) is 5.82 Å².